The third-order valence-electron chi connectivity index (χ3n) is 6.18. The van der Waals surface area contributed by atoms with Crippen molar-refractivity contribution in [1.82, 2.24) is 9.66 Å². The average Bonchev–Trinajstić information content (AvgIpc) is 2.92. The Balaban J connectivity index is 1.57. The monoisotopic (exact) mass is 589 g/mol. The smallest absolute Gasteiger partial charge is 0.282 e. The first kappa shape index (κ1) is 25.9. The van der Waals surface area contributed by atoms with Gasteiger partial charge in [-0.05, 0) is 47.0 Å². The van der Waals surface area contributed by atoms with Gasteiger partial charge in [0.25, 0.3) is 5.56 Å². The lowest BCUT2D eigenvalue weighted by Gasteiger charge is -2.15. The first-order valence-electron chi connectivity index (χ1n) is 12.2. The van der Waals surface area contributed by atoms with Crippen LogP contribution in [0.5, 0.6) is 11.5 Å². The minimum absolute atomic E-state index is 0.247. The number of hydrogen-bond donors (Lipinski definition) is 0. The molecule has 0 bridgehead atoms. The van der Waals surface area contributed by atoms with E-state index in [0.717, 1.165) is 27.2 Å². The third kappa shape index (κ3) is 5.30. The van der Waals surface area contributed by atoms with Crippen LogP contribution in [0.2, 0.25) is 5.02 Å². The molecule has 0 aliphatic rings. The maximum Gasteiger partial charge on any atom is 0.282 e. The number of methoxy groups -OCH3 is 1. The largest absolute Gasteiger partial charge is 0.493 e. The van der Waals surface area contributed by atoms with Crippen molar-refractivity contribution in [2.24, 2.45) is 5.10 Å². The summed E-state index contributed by atoms with van der Waals surface area (Å²) in [5.74, 6) is 1.53. The first-order valence-corrected chi connectivity index (χ1v) is 13.4. The van der Waals surface area contributed by atoms with E-state index in [9.17, 15) is 4.79 Å². The van der Waals surface area contributed by atoms with Gasteiger partial charge >= 0.3 is 0 Å². The zero-order valence-electron chi connectivity index (χ0n) is 20.9. The van der Waals surface area contributed by atoms with E-state index in [0.29, 0.717) is 51.8 Å². The van der Waals surface area contributed by atoms with Gasteiger partial charge in [0.1, 0.15) is 12.4 Å². The van der Waals surface area contributed by atoms with E-state index >= 15 is 0 Å². The van der Waals surface area contributed by atoms with Crippen LogP contribution in [0.4, 0.5) is 0 Å². The second-order valence-electron chi connectivity index (χ2n) is 8.75. The lowest BCUT2D eigenvalue weighted by Crippen LogP contribution is -2.22. The fourth-order valence-corrected chi connectivity index (χ4v) is 4.96. The summed E-state index contributed by atoms with van der Waals surface area (Å²) in [4.78, 5) is 18.1. The second kappa shape index (κ2) is 11.4. The van der Waals surface area contributed by atoms with E-state index in [-0.39, 0.29) is 5.56 Å². The van der Waals surface area contributed by atoms with Crippen molar-refractivity contribution in [2.45, 2.75) is 26.4 Å². The van der Waals surface area contributed by atoms with Gasteiger partial charge in [0.2, 0.25) is 0 Å². The van der Waals surface area contributed by atoms with Gasteiger partial charge < -0.3 is 9.47 Å². The Morgan fingerprint density at radius 1 is 1.05 bits per heavy atom. The molecule has 0 saturated carbocycles. The molecule has 5 rings (SSSR count). The zero-order chi connectivity index (χ0) is 26.6. The normalized spacial score (nSPS) is 11.5. The van der Waals surface area contributed by atoms with Crippen molar-refractivity contribution in [3.63, 3.8) is 0 Å². The minimum atomic E-state index is -0.247. The molecule has 0 unspecified atom stereocenters. The number of ether oxygens (including phenoxy) is 2. The molecule has 0 N–H and O–H groups in total. The van der Waals surface area contributed by atoms with E-state index < -0.39 is 0 Å². The number of hydrogen-bond acceptors (Lipinski definition) is 5. The molecule has 0 spiro atoms. The lowest BCUT2D eigenvalue weighted by molar-refractivity contribution is 0.285. The fraction of sp³-hybridized carbons (Fsp3) is 0.167. The standard InChI is InChI=1S/C30H25BrClN3O3/c1-3-7-28-34-26-13-12-22(31)15-25(26)30(36)35(28)33-17-21-14-23(32)16-27(37-2)29(21)38-18-20-10-6-9-19-8-4-5-11-24(19)20/h4-6,8-17H,3,7,18H2,1-2H3. The van der Waals surface area contributed by atoms with Crippen molar-refractivity contribution < 1.29 is 9.47 Å². The summed E-state index contributed by atoms with van der Waals surface area (Å²) in [6.07, 6.45) is 2.98. The Bertz CT molecular complexity index is 1730. The summed E-state index contributed by atoms with van der Waals surface area (Å²) in [7, 11) is 1.56. The van der Waals surface area contributed by atoms with E-state index in [4.69, 9.17) is 26.1 Å². The maximum atomic E-state index is 13.4. The summed E-state index contributed by atoms with van der Waals surface area (Å²) < 4.78 is 14.0. The molecule has 0 radical (unpaired) electrons. The number of aryl methyl sites for hydroxylation is 1. The molecule has 38 heavy (non-hydrogen) atoms. The molecular weight excluding hydrogens is 566 g/mol. The quantitative estimate of drug-likeness (QED) is 0.177. The van der Waals surface area contributed by atoms with Crippen molar-refractivity contribution in [1.29, 1.82) is 0 Å². The highest BCUT2D eigenvalue weighted by Gasteiger charge is 2.15. The van der Waals surface area contributed by atoms with Crippen LogP contribution in [0.1, 0.15) is 30.3 Å². The summed E-state index contributed by atoms with van der Waals surface area (Å²) in [6.45, 7) is 2.35. The molecule has 0 aliphatic heterocycles. The molecule has 1 aromatic heterocycles. The van der Waals surface area contributed by atoms with E-state index in [1.165, 1.54) is 4.68 Å². The predicted molar refractivity (Wildman–Crippen MR) is 157 cm³/mol. The van der Waals surface area contributed by atoms with Gasteiger partial charge in [-0.15, -0.1) is 0 Å². The molecule has 192 valence electrons. The van der Waals surface area contributed by atoms with E-state index in [1.54, 1.807) is 31.5 Å². The Kier molecular flexibility index (Phi) is 7.77. The van der Waals surface area contributed by atoms with Crippen LogP contribution in [0.3, 0.4) is 0 Å². The molecule has 5 aromatic rings. The molecule has 0 fully saturated rings. The van der Waals surface area contributed by atoms with Crippen LogP contribution >= 0.6 is 27.5 Å². The predicted octanol–water partition coefficient (Wildman–Crippen LogP) is 7.39. The highest BCUT2D eigenvalue weighted by molar-refractivity contribution is 9.10. The van der Waals surface area contributed by atoms with Gasteiger partial charge in [0, 0.05) is 27.5 Å². The summed E-state index contributed by atoms with van der Waals surface area (Å²) in [6, 6.07) is 23.2. The first-order chi connectivity index (χ1) is 18.5. The number of halogens is 2. The molecule has 1 heterocycles. The fourth-order valence-electron chi connectivity index (χ4n) is 4.38. The van der Waals surface area contributed by atoms with Crippen molar-refractivity contribution in [2.75, 3.05) is 7.11 Å². The Morgan fingerprint density at radius 2 is 1.87 bits per heavy atom. The number of benzene rings is 4. The molecule has 0 aliphatic carbocycles. The van der Waals surface area contributed by atoms with Crippen LogP contribution in [0.25, 0.3) is 21.7 Å². The second-order valence-corrected chi connectivity index (χ2v) is 10.1. The van der Waals surface area contributed by atoms with Crippen molar-refractivity contribution in [3.8, 4) is 11.5 Å². The van der Waals surface area contributed by atoms with Crippen LogP contribution in [0, 0.1) is 0 Å². The Labute approximate surface area is 233 Å². The number of aromatic nitrogens is 2. The minimum Gasteiger partial charge on any atom is -0.493 e. The summed E-state index contributed by atoms with van der Waals surface area (Å²) >= 11 is 9.84. The number of nitrogens with zero attached hydrogens (tertiary/aromatic N) is 3. The van der Waals surface area contributed by atoms with Gasteiger partial charge in [0.15, 0.2) is 11.5 Å². The molecular formula is C30H25BrClN3O3. The van der Waals surface area contributed by atoms with Crippen molar-refractivity contribution >= 4 is 55.4 Å². The van der Waals surface area contributed by atoms with E-state index in [1.807, 2.05) is 43.3 Å². The van der Waals surface area contributed by atoms with Crippen molar-refractivity contribution in [3.05, 3.63) is 110 Å². The van der Waals surface area contributed by atoms with Gasteiger partial charge in [0.05, 0.1) is 24.2 Å². The average molecular weight is 591 g/mol. The Hall–Kier alpha value is -3.68. The van der Waals surface area contributed by atoms with E-state index in [2.05, 4.69) is 39.2 Å². The molecule has 0 atom stereocenters. The van der Waals surface area contributed by atoms with Crippen LogP contribution < -0.4 is 15.0 Å². The highest BCUT2D eigenvalue weighted by Crippen LogP contribution is 2.35. The summed E-state index contributed by atoms with van der Waals surface area (Å²) in [5.41, 5.74) is 2.01. The topological polar surface area (TPSA) is 65.7 Å². The SMILES string of the molecule is CCCc1nc2ccc(Br)cc2c(=O)n1N=Cc1cc(Cl)cc(OC)c1OCc1cccc2ccccc12. The van der Waals surface area contributed by atoms with Crippen LogP contribution in [-0.4, -0.2) is 23.0 Å². The molecule has 0 amide bonds. The van der Waals surface area contributed by atoms with Gasteiger partial charge in [-0.25, -0.2) is 4.98 Å². The van der Waals surface area contributed by atoms with Crippen LogP contribution in [0.15, 0.2) is 87.2 Å². The molecule has 6 nitrogen and oxygen atoms in total. The molecule has 4 aromatic carbocycles. The van der Waals surface area contributed by atoms with Gasteiger partial charge in [-0.1, -0.05) is 76.9 Å². The third-order valence-corrected chi connectivity index (χ3v) is 6.89. The number of fused-ring (bicyclic) bond motifs is 2. The Morgan fingerprint density at radius 3 is 2.68 bits per heavy atom. The number of rotatable bonds is 8. The van der Waals surface area contributed by atoms with Gasteiger partial charge in [-0.2, -0.15) is 9.78 Å². The molecule has 0 saturated heterocycles. The lowest BCUT2D eigenvalue weighted by atomic mass is 10.1. The maximum absolute atomic E-state index is 13.4. The zero-order valence-corrected chi connectivity index (χ0v) is 23.3. The van der Waals surface area contributed by atoms with Crippen LogP contribution in [-0.2, 0) is 13.0 Å². The molecule has 8 heteroatoms. The summed E-state index contributed by atoms with van der Waals surface area (Å²) in [5, 5.41) is 7.75. The van der Waals surface area contributed by atoms with Gasteiger partial charge in [-0.3, -0.25) is 4.79 Å². The highest BCUT2D eigenvalue weighted by atomic mass is 79.9.